The molecule has 0 aliphatic heterocycles. The predicted molar refractivity (Wildman–Crippen MR) is 65.5 cm³/mol. The number of nitrogens with two attached hydrogens (primary N) is 1. The van der Waals surface area contributed by atoms with Gasteiger partial charge in [0, 0.05) is 20.4 Å². The smallest absolute Gasteiger partial charge is 0.256 e. The minimum Gasteiger partial charge on any atom is -0.383 e. The lowest BCUT2D eigenvalue weighted by atomic mass is 10.2. The molecule has 1 unspecified atom stereocenters. The number of likely N-dealkylation sites (N-methyl/N-ethyl adjacent to an activating group) is 1. The first-order valence-electron chi connectivity index (χ1n) is 5.28. The van der Waals surface area contributed by atoms with E-state index in [1.807, 2.05) is 6.92 Å². The molecule has 0 spiro atoms. The van der Waals surface area contributed by atoms with E-state index in [1.165, 1.54) is 6.20 Å². The maximum atomic E-state index is 12.2. The Labute approximate surface area is 101 Å². The van der Waals surface area contributed by atoms with Crippen LogP contribution in [0.4, 0.5) is 5.69 Å². The molecule has 0 bridgehead atoms. The van der Waals surface area contributed by atoms with Crippen molar-refractivity contribution in [2.75, 3.05) is 26.2 Å². The van der Waals surface area contributed by atoms with Gasteiger partial charge in [0.1, 0.15) is 0 Å². The second-order valence-electron chi connectivity index (χ2n) is 3.79. The first-order chi connectivity index (χ1) is 8.11. The fourth-order valence-electron chi connectivity index (χ4n) is 1.44. The number of hydrogen-bond donors (Lipinski definition) is 2. The van der Waals surface area contributed by atoms with Crippen LogP contribution in [0.3, 0.4) is 0 Å². The lowest BCUT2D eigenvalue weighted by Crippen LogP contribution is -2.38. The molecule has 6 heteroatoms. The van der Waals surface area contributed by atoms with Crippen LogP contribution in [0.1, 0.15) is 17.3 Å². The Hall–Kier alpha value is -1.66. The van der Waals surface area contributed by atoms with Crippen molar-refractivity contribution in [3.8, 4) is 0 Å². The summed E-state index contributed by atoms with van der Waals surface area (Å²) in [6.07, 6.45) is 3.07. The Morgan fingerprint density at radius 1 is 1.71 bits per heavy atom. The summed E-state index contributed by atoms with van der Waals surface area (Å²) in [6, 6.07) is 1.62. The molecule has 0 radical (unpaired) electrons. The molecule has 0 saturated heterocycles. The highest BCUT2D eigenvalue weighted by Crippen LogP contribution is 2.15. The minimum absolute atomic E-state index is 0.00807. The Bertz CT molecular complexity index is 383. The lowest BCUT2D eigenvalue weighted by Gasteiger charge is -2.25. The van der Waals surface area contributed by atoms with Gasteiger partial charge in [-0.3, -0.25) is 15.6 Å². The van der Waals surface area contributed by atoms with Crippen LogP contribution >= 0.6 is 0 Å². The van der Waals surface area contributed by atoms with Gasteiger partial charge < -0.3 is 15.1 Å². The van der Waals surface area contributed by atoms with Gasteiger partial charge in [-0.05, 0) is 13.0 Å². The number of rotatable bonds is 5. The third kappa shape index (κ3) is 3.15. The highest BCUT2D eigenvalue weighted by Gasteiger charge is 2.19. The van der Waals surface area contributed by atoms with Crippen LogP contribution in [-0.4, -0.2) is 42.6 Å². The second-order valence-corrected chi connectivity index (χ2v) is 3.79. The van der Waals surface area contributed by atoms with Crippen molar-refractivity contribution in [3.05, 3.63) is 24.0 Å². The van der Waals surface area contributed by atoms with Gasteiger partial charge in [0.25, 0.3) is 5.91 Å². The van der Waals surface area contributed by atoms with Crippen molar-refractivity contribution < 1.29 is 9.53 Å². The van der Waals surface area contributed by atoms with Crippen molar-refractivity contribution in [1.82, 2.24) is 9.88 Å². The third-order valence-electron chi connectivity index (χ3n) is 2.60. The fourth-order valence-corrected chi connectivity index (χ4v) is 1.44. The number of amides is 1. The summed E-state index contributed by atoms with van der Waals surface area (Å²) < 4.78 is 5.02. The summed E-state index contributed by atoms with van der Waals surface area (Å²) in [5.74, 6) is 5.22. The molecule has 0 aliphatic rings. The highest BCUT2D eigenvalue weighted by atomic mass is 16.5. The molecule has 3 N–H and O–H groups in total. The summed E-state index contributed by atoms with van der Waals surface area (Å²) in [5.41, 5.74) is 3.46. The van der Waals surface area contributed by atoms with E-state index in [0.717, 1.165) is 0 Å². The first-order valence-corrected chi connectivity index (χ1v) is 5.28. The van der Waals surface area contributed by atoms with Crippen molar-refractivity contribution in [2.45, 2.75) is 13.0 Å². The van der Waals surface area contributed by atoms with E-state index in [0.29, 0.717) is 17.9 Å². The fraction of sp³-hybridized carbons (Fsp3) is 0.455. The zero-order valence-electron chi connectivity index (χ0n) is 10.3. The van der Waals surface area contributed by atoms with Gasteiger partial charge in [-0.2, -0.15) is 0 Å². The van der Waals surface area contributed by atoms with Gasteiger partial charge in [0.05, 0.1) is 30.1 Å². The van der Waals surface area contributed by atoms with Gasteiger partial charge in [-0.1, -0.05) is 0 Å². The molecule has 6 nitrogen and oxygen atoms in total. The molecule has 1 aromatic rings. The number of nitrogen functional groups attached to an aromatic ring is 1. The molecular formula is C11H18N4O2. The minimum atomic E-state index is -0.120. The van der Waals surface area contributed by atoms with Crippen LogP contribution in [0, 0.1) is 0 Å². The van der Waals surface area contributed by atoms with Gasteiger partial charge in [-0.15, -0.1) is 0 Å². The van der Waals surface area contributed by atoms with Crippen LogP contribution in [-0.2, 0) is 4.74 Å². The van der Waals surface area contributed by atoms with Gasteiger partial charge in [0.15, 0.2) is 0 Å². The maximum Gasteiger partial charge on any atom is 0.256 e. The highest BCUT2D eigenvalue weighted by molar-refractivity contribution is 5.99. The third-order valence-corrected chi connectivity index (χ3v) is 2.60. The van der Waals surface area contributed by atoms with E-state index in [-0.39, 0.29) is 11.9 Å². The van der Waals surface area contributed by atoms with E-state index in [4.69, 9.17) is 10.6 Å². The zero-order chi connectivity index (χ0) is 12.8. The molecule has 94 valence electrons. The van der Waals surface area contributed by atoms with Gasteiger partial charge in [-0.25, -0.2) is 0 Å². The topological polar surface area (TPSA) is 80.5 Å². The van der Waals surface area contributed by atoms with E-state index < -0.39 is 0 Å². The Morgan fingerprint density at radius 2 is 2.41 bits per heavy atom. The summed E-state index contributed by atoms with van der Waals surface area (Å²) in [4.78, 5) is 17.7. The van der Waals surface area contributed by atoms with Crippen LogP contribution in [0.25, 0.3) is 0 Å². The molecular weight excluding hydrogens is 220 g/mol. The average Bonchev–Trinajstić information content (AvgIpc) is 2.37. The molecule has 1 amide bonds. The van der Waals surface area contributed by atoms with Crippen LogP contribution in [0.15, 0.2) is 18.5 Å². The number of anilines is 1. The maximum absolute atomic E-state index is 12.2. The van der Waals surface area contributed by atoms with E-state index >= 15 is 0 Å². The molecule has 1 aromatic heterocycles. The van der Waals surface area contributed by atoms with Crippen molar-refractivity contribution in [1.29, 1.82) is 0 Å². The Morgan fingerprint density at radius 3 is 3.00 bits per heavy atom. The number of hydrogen-bond acceptors (Lipinski definition) is 5. The normalized spacial score (nSPS) is 12.0. The number of nitrogens with zero attached hydrogens (tertiary/aromatic N) is 2. The zero-order valence-corrected chi connectivity index (χ0v) is 10.3. The number of pyridine rings is 1. The van der Waals surface area contributed by atoms with Crippen molar-refractivity contribution in [3.63, 3.8) is 0 Å². The Balaban J connectivity index is 2.88. The van der Waals surface area contributed by atoms with Crippen LogP contribution in [0.5, 0.6) is 0 Å². The molecule has 0 aromatic carbocycles. The molecule has 0 saturated carbocycles. The van der Waals surface area contributed by atoms with E-state index in [2.05, 4.69) is 10.4 Å². The molecule has 0 aliphatic carbocycles. The van der Waals surface area contributed by atoms with E-state index in [9.17, 15) is 4.79 Å². The number of carbonyl (C=O) groups is 1. The Kier molecular flexibility index (Phi) is 4.86. The van der Waals surface area contributed by atoms with Crippen molar-refractivity contribution in [2.24, 2.45) is 5.84 Å². The number of aromatic nitrogens is 1. The summed E-state index contributed by atoms with van der Waals surface area (Å²) in [5, 5.41) is 0. The number of carbonyl (C=O) groups excluding carboxylic acids is 1. The van der Waals surface area contributed by atoms with E-state index in [1.54, 1.807) is 31.3 Å². The van der Waals surface area contributed by atoms with Gasteiger partial charge in [0.2, 0.25) is 0 Å². The average molecular weight is 238 g/mol. The number of methoxy groups -OCH3 is 1. The summed E-state index contributed by atoms with van der Waals surface area (Å²) in [7, 11) is 3.33. The number of ether oxygens (including phenoxy) is 1. The van der Waals surface area contributed by atoms with Crippen LogP contribution < -0.4 is 11.3 Å². The summed E-state index contributed by atoms with van der Waals surface area (Å²) >= 11 is 0. The van der Waals surface area contributed by atoms with Crippen LogP contribution in [0.2, 0.25) is 0 Å². The summed E-state index contributed by atoms with van der Waals surface area (Å²) in [6.45, 7) is 2.40. The molecule has 1 rings (SSSR count). The largest absolute Gasteiger partial charge is 0.383 e. The monoisotopic (exact) mass is 238 g/mol. The lowest BCUT2D eigenvalue weighted by molar-refractivity contribution is 0.0634. The van der Waals surface area contributed by atoms with Crippen molar-refractivity contribution >= 4 is 11.6 Å². The predicted octanol–water partition coefficient (Wildman–Crippen LogP) is 0.474. The van der Waals surface area contributed by atoms with Gasteiger partial charge >= 0.3 is 0 Å². The quantitative estimate of drug-likeness (QED) is 0.576. The molecule has 1 heterocycles. The first kappa shape index (κ1) is 13.4. The standard InChI is InChI=1S/C11H18N4O2/c1-8(7-17-3)15(2)11(16)9-4-5-13-6-10(9)14-12/h4-6,8,14H,7,12H2,1-3H3. The SMILES string of the molecule is COCC(C)N(C)C(=O)c1ccncc1NN. The number of hydrazine groups is 1. The number of nitrogens with one attached hydrogen (secondary N) is 1. The molecule has 0 fully saturated rings. The molecule has 1 atom stereocenters. The molecule has 17 heavy (non-hydrogen) atoms. The second kappa shape index (κ2) is 6.17.